The molecule has 28 heavy (non-hydrogen) atoms. The van der Waals surface area contributed by atoms with Crippen molar-refractivity contribution in [1.29, 1.82) is 0 Å². The Bertz CT molecular complexity index is 1100. The Morgan fingerprint density at radius 2 is 1.64 bits per heavy atom. The van der Waals surface area contributed by atoms with Crippen LogP contribution in [0, 0.1) is 0 Å². The number of carbonyl (C=O) groups excluding carboxylic acids is 1. The molecule has 5 nitrogen and oxygen atoms in total. The van der Waals surface area contributed by atoms with Gasteiger partial charge < -0.3 is 13.9 Å². The Balaban J connectivity index is 2.03. The Morgan fingerprint density at radius 3 is 2.29 bits per heavy atom. The second-order valence-electron chi connectivity index (χ2n) is 6.37. The third-order valence-electron chi connectivity index (χ3n) is 4.76. The van der Waals surface area contributed by atoms with Crippen LogP contribution in [0.5, 0.6) is 5.75 Å². The first-order valence-corrected chi connectivity index (χ1v) is 8.97. The van der Waals surface area contributed by atoms with Gasteiger partial charge in [0.25, 0.3) is 0 Å². The monoisotopic (exact) mass is 372 g/mol. The molecular weight excluding hydrogens is 352 g/mol. The van der Waals surface area contributed by atoms with Gasteiger partial charge in [-0.3, -0.25) is 4.79 Å². The largest absolute Gasteiger partial charge is 0.497 e. The highest BCUT2D eigenvalue weighted by molar-refractivity contribution is 5.85. The van der Waals surface area contributed by atoms with E-state index in [9.17, 15) is 4.79 Å². The molecule has 4 aromatic rings. The van der Waals surface area contributed by atoms with Crippen molar-refractivity contribution in [1.82, 2.24) is 9.38 Å². The Kier molecular flexibility index (Phi) is 4.81. The number of carbonyl (C=O) groups is 1. The smallest absolute Gasteiger partial charge is 0.319 e. The zero-order chi connectivity index (χ0) is 19.5. The summed E-state index contributed by atoms with van der Waals surface area (Å²) in [6.07, 6.45) is 1.88. The van der Waals surface area contributed by atoms with E-state index >= 15 is 0 Å². The quantitative estimate of drug-likeness (QED) is 0.490. The maximum Gasteiger partial charge on any atom is 0.319 e. The number of rotatable bonds is 5. The number of hydrogen-bond donors (Lipinski definition) is 0. The molecule has 0 radical (unpaired) electrons. The van der Waals surface area contributed by atoms with Gasteiger partial charge in [-0.25, -0.2) is 4.98 Å². The predicted molar refractivity (Wildman–Crippen MR) is 107 cm³/mol. The van der Waals surface area contributed by atoms with Gasteiger partial charge in [0.15, 0.2) is 0 Å². The molecule has 1 unspecified atom stereocenters. The van der Waals surface area contributed by atoms with Crippen molar-refractivity contribution in [2.75, 3.05) is 14.2 Å². The molecule has 140 valence electrons. The number of nitrogens with zero attached hydrogens (tertiary/aromatic N) is 2. The maximum atomic E-state index is 12.9. The topological polar surface area (TPSA) is 52.8 Å². The van der Waals surface area contributed by atoms with Gasteiger partial charge in [0.1, 0.15) is 17.3 Å². The number of aromatic nitrogens is 2. The van der Waals surface area contributed by atoms with Crippen LogP contribution in [-0.4, -0.2) is 29.6 Å². The van der Waals surface area contributed by atoms with Gasteiger partial charge in [0, 0.05) is 17.8 Å². The average Bonchev–Trinajstić information content (AvgIpc) is 3.13. The van der Waals surface area contributed by atoms with Gasteiger partial charge in [0.05, 0.1) is 25.6 Å². The van der Waals surface area contributed by atoms with Crippen LogP contribution in [0.2, 0.25) is 0 Å². The molecule has 4 rings (SSSR count). The normalized spacial score (nSPS) is 11.9. The summed E-state index contributed by atoms with van der Waals surface area (Å²) in [6.45, 7) is 0. The second kappa shape index (κ2) is 7.56. The van der Waals surface area contributed by atoms with Crippen molar-refractivity contribution in [2.24, 2.45) is 0 Å². The molecule has 0 aliphatic rings. The van der Waals surface area contributed by atoms with Crippen LogP contribution in [0.25, 0.3) is 16.9 Å². The first-order valence-electron chi connectivity index (χ1n) is 8.97. The zero-order valence-electron chi connectivity index (χ0n) is 15.7. The lowest BCUT2D eigenvalue weighted by Gasteiger charge is -2.17. The van der Waals surface area contributed by atoms with Crippen molar-refractivity contribution in [3.8, 4) is 17.0 Å². The fourth-order valence-electron chi connectivity index (χ4n) is 3.43. The molecule has 1 atom stereocenters. The number of esters is 1. The average molecular weight is 372 g/mol. The van der Waals surface area contributed by atoms with Gasteiger partial charge in [-0.15, -0.1) is 0 Å². The summed E-state index contributed by atoms with van der Waals surface area (Å²) in [7, 11) is 3.03. The molecule has 0 saturated carbocycles. The number of pyridine rings is 1. The number of hydrogen-bond acceptors (Lipinski definition) is 4. The van der Waals surface area contributed by atoms with E-state index in [0.717, 1.165) is 22.5 Å². The Hall–Kier alpha value is -3.60. The third-order valence-corrected chi connectivity index (χ3v) is 4.76. The molecule has 5 heteroatoms. The summed E-state index contributed by atoms with van der Waals surface area (Å²) in [4.78, 5) is 17.7. The zero-order valence-corrected chi connectivity index (χ0v) is 15.7. The van der Waals surface area contributed by atoms with Crippen molar-refractivity contribution >= 4 is 11.6 Å². The second-order valence-corrected chi connectivity index (χ2v) is 6.37. The van der Waals surface area contributed by atoms with Gasteiger partial charge in [-0.05, 0) is 11.6 Å². The van der Waals surface area contributed by atoms with E-state index < -0.39 is 5.92 Å². The van der Waals surface area contributed by atoms with Crippen LogP contribution in [0.3, 0.4) is 0 Å². The molecule has 0 aliphatic carbocycles. The van der Waals surface area contributed by atoms with Gasteiger partial charge in [0.2, 0.25) is 0 Å². The lowest BCUT2D eigenvalue weighted by Crippen LogP contribution is -2.18. The Morgan fingerprint density at radius 1 is 0.964 bits per heavy atom. The van der Waals surface area contributed by atoms with Crippen LogP contribution in [-0.2, 0) is 9.53 Å². The first-order chi connectivity index (χ1) is 13.7. The third kappa shape index (κ3) is 3.11. The van der Waals surface area contributed by atoms with E-state index in [1.807, 2.05) is 83.4 Å². The molecule has 0 spiro atoms. The SMILES string of the molecule is COC(=O)C(c1ccccc1)c1c(-c2ccccc2)nc2cc(OC)ccn12. The van der Waals surface area contributed by atoms with Crippen LogP contribution in [0.15, 0.2) is 79.0 Å². The van der Waals surface area contributed by atoms with Gasteiger partial charge >= 0.3 is 5.97 Å². The van der Waals surface area contributed by atoms with Crippen molar-refractivity contribution in [3.05, 3.63) is 90.3 Å². The van der Waals surface area contributed by atoms with Crippen molar-refractivity contribution < 1.29 is 14.3 Å². The molecule has 2 aromatic heterocycles. The molecule has 0 aliphatic heterocycles. The molecule has 2 heterocycles. The number of methoxy groups -OCH3 is 2. The lowest BCUT2D eigenvalue weighted by atomic mass is 9.92. The van der Waals surface area contributed by atoms with Gasteiger partial charge in [-0.1, -0.05) is 60.7 Å². The molecule has 0 saturated heterocycles. The predicted octanol–water partition coefficient (Wildman–Crippen LogP) is 4.31. The maximum absolute atomic E-state index is 12.9. The first kappa shape index (κ1) is 17.8. The molecule has 0 amide bonds. The highest BCUT2D eigenvalue weighted by Gasteiger charge is 2.31. The van der Waals surface area contributed by atoms with Crippen LogP contribution < -0.4 is 4.74 Å². The summed E-state index contributed by atoms with van der Waals surface area (Å²) in [5.41, 5.74) is 4.00. The Labute approximate surface area is 163 Å². The highest BCUT2D eigenvalue weighted by atomic mass is 16.5. The number of imidazole rings is 1. The molecular formula is C23H20N2O3. The van der Waals surface area contributed by atoms with Crippen molar-refractivity contribution in [3.63, 3.8) is 0 Å². The fraction of sp³-hybridized carbons (Fsp3) is 0.130. The van der Waals surface area contributed by atoms with Crippen LogP contribution in [0.4, 0.5) is 0 Å². The molecule has 0 fully saturated rings. The summed E-state index contributed by atoms with van der Waals surface area (Å²) < 4.78 is 12.4. The highest BCUT2D eigenvalue weighted by Crippen LogP contribution is 2.35. The summed E-state index contributed by atoms with van der Waals surface area (Å²) in [6, 6.07) is 23.2. The minimum atomic E-state index is -0.607. The number of benzene rings is 2. The summed E-state index contributed by atoms with van der Waals surface area (Å²) in [5, 5.41) is 0. The molecule has 2 aromatic carbocycles. The number of fused-ring (bicyclic) bond motifs is 1. The minimum absolute atomic E-state index is 0.332. The summed E-state index contributed by atoms with van der Waals surface area (Å²) in [5.74, 6) is -0.233. The molecule has 0 N–H and O–H groups in total. The van der Waals surface area contributed by atoms with E-state index in [1.165, 1.54) is 7.11 Å². The van der Waals surface area contributed by atoms with E-state index in [4.69, 9.17) is 14.5 Å². The van der Waals surface area contributed by atoms with Gasteiger partial charge in [-0.2, -0.15) is 0 Å². The van der Waals surface area contributed by atoms with E-state index in [1.54, 1.807) is 7.11 Å². The molecule has 0 bridgehead atoms. The van der Waals surface area contributed by atoms with E-state index in [0.29, 0.717) is 11.4 Å². The standard InChI is InChI=1S/C23H20N2O3/c1-27-18-13-14-25-19(15-18)24-21(17-11-7-4-8-12-17)22(25)20(23(26)28-2)16-9-5-3-6-10-16/h3-15,20H,1-2H3. The van der Waals surface area contributed by atoms with Crippen LogP contribution in [0.1, 0.15) is 17.2 Å². The van der Waals surface area contributed by atoms with Crippen LogP contribution >= 0.6 is 0 Å². The lowest BCUT2D eigenvalue weighted by molar-refractivity contribution is -0.141. The van der Waals surface area contributed by atoms with E-state index in [2.05, 4.69) is 0 Å². The summed E-state index contributed by atoms with van der Waals surface area (Å²) >= 11 is 0. The fourth-order valence-corrected chi connectivity index (χ4v) is 3.43. The van der Waals surface area contributed by atoms with E-state index in [-0.39, 0.29) is 5.97 Å². The van der Waals surface area contributed by atoms with Crippen molar-refractivity contribution in [2.45, 2.75) is 5.92 Å². The minimum Gasteiger partial charge on any atom is -0.497 e. The number of ether oxygens (including phenoxy) is 2.